The Morgan fingerprint density at radius 2 is 1.88 bits per heavy atom. The number of nitrogens with zero attached hydrogens (tertiary/aromatic N) is 4. The first-order valence-electron chi connectivity index (χ1n) is 8.07. The minimum Gasteiger partial charge on any atom is -0.359 e. The van der Waals surface area contributed by atoms with Gasteiger partial charge < -0.3 is 10.2 Å². The number of aromatic nitrogens is 3. The monoisotopic (exact) mass is 353 g/mol. The zero-order chi connectivity index (χ0) is 17.6. The fraction of sp³-hybridized carbons (Fsp3) is 0.211. The highest BCUT2D eigenvalue weighted by molar-refractivity contribution is 6.30. The molecule has 0 unspecified atom stereocenters. The number of benzene rings is 1. The molecule has 3 aromatic rings. The van der Waals surface area contributed by atoms with Crippen molar-refractivity contribution < 1.29 is 0 Å². The van der Waals surface area contributed by atoms with Gasteiger partial charge in [0.2, 0.25) is 0 Å². The first-order chi connectivity index (χ1) is 12.1. The number of likely N-dealkylation sites (N-methyl/N-ethyl adjacent to an activating group) is 1. The van der Waals surface area contributed by atoms with E-state index in [1.807, 2.05) is 62.8 Å². The molecule has 5 nitrogen and oxygen atoms in total. The van der Waals surface area contributed by atoms with Crippen LogP contribution in [0.25, 0.3) is 0 Å². The standard InChI is InChI=1S/C19H20ClN5/c1-14-11-16(20)3-4-17(14)24-18-12-19(23-13-22-18)25(2)10-7-15-5-8-21-9-6-15/h3-6,8-9,11-13H,7,10H2,1-2H3,(H,22,23,24). The lowest BCUT2D eigenvalue weighted by Crippen LogP contribution is -2.21. The van der Waals surface area contributed by atoms with E-state index in [-0.39, 0.29) is 0 Å². The van der Waals surface area contributed by atoms with Crippen molar-refractivity contribution in [2.45, 2.75) is 13.3 Å². The maximum absolute atomic E-state index is 6.01. The molecule has 2 heterocycles. The number of aryl methyl sites for hydroxylation is 1. The van der Waals surface area contributed by atoms with Gasteiger partial charge in [-0.2, -0.15) is 0 Å². The average Bonchev–Trinajstić information content (AvgIpc) is 2.63. The van der Waals surface area contributed by atoms with E-state index in [0.29, 0.717) is 0 Å². The molecule has 2 aromatic heterocycles. The first-order valence-corrected chi connectivity index (χ1v) is 8.45. The Morgan fingerprint density at radius 3 is 2.64 bits per heavy atom. The average molecular weight is 354 g/mol. The van der Waals surface area contributed by atoms with Gasteiger partial charge in [-0.15, -0.1) is 0 Å². The Balaban J connectivity index is 1.68. The van der Waals surface area contributed by atoms with E-state index in [0.717, 1.165) is 40.9 Å². The number of halogens is 1. The second kappa shape index (κ2) is 7.94. The zero-order valence-electron chi connectivity index (χ0n) is 14.3. The molecule has 0 aliphatic carbocycles. The summed E-state index contributed by atoms with van der Waals surface area (Å²) in [7, 11) is 2.03. The van der Waals surface area contributed by atoms with E-state index in [4.69, 9.17) is 11.6 Å². The van der Waals surface area contributed by atoms with Gasteiger partial charge in [0.25, 0.3) is 0 Å². The van der Waals surface area contributed by atoms with Crippen LogP contribution in [0.15, 0.2) is 55.1 Å². The molecule has 6 heteroatoms. The molecule has 0 radical (unpaired) electrons. The topological polar surface area (TPSA) is 53.9 Å². The predicted octanol–water partition coefficient (Wildman–Crippen LogP) is 4.26. The lowest BCUT2D eigenvalue weighted by Gasteiger charge is -2.19. The molecule has 0 spiro atoms. The summed E-state index contributed by atoms with van der Waals surface area (Å²) in [5, 5.41) is 4.05. The lowest BCUT2D eigenvalue weighted by molar-refractivity contribution is 0.855. The molecule has 0 saturated heterocycles. The quantitative estimate of drug-likeness (QED) is 0.717. The summed E-state index contributed by atoms with van der Waals surface area (Å²) >= 11 is 6.01. The molecule has 25 heavy (non-hydrogen) atoms. The van der Waals surface area contributed by atoms with Crippen molar-refractivity contribution in [3.8, 4) is 0 Å². The van der Waals surface area contributed by atoms with Crippen LogP contribution in [0.2, 0.25) is 5.02 Å². The molecule has 0 amide bonds. The third-order valence-corrected chi connectivity index (χ3v) is 4.22. The van der Waals surface area contributed by atoms with Crippen LogP contribution in [0.4, 0.5) is 17.3 Å². The molecule has 0 aliphatic rings. The van der Waals surface area contributed by atoms with Crippen molar-refractivity contribution in [3.63, 3.8) is 0 Å². The van der Waals surface area contributed by atoms with Crippen LogP contribution in [-0.4, -0.2) is 28.5 Å². The van der Waals surface area contributed by atoms with Gasteiger partial charge in [0.1, 0.15) is 18.0 Å². The van der Waals surface area contributed by atoms with Gasteiger partial charge in [-0.1, -0.05) is 11.6 Å². The predicted molar refractivity (Wildman–Crippen MR) is 103 cm³/mol. The van der Waals surface area contributed by atoms with Crippen LogP contribution >= 0.6 is 11.6 Å². The van der Waals surface area contributed by atoms with Crippen LogP contribution in [0.5, 0.6) is 0 Å². The smallest absolute Gasteiger partial charge is 0.135 e. The molecule has 128 valence electrons. The fourth-order valence-corrected chi connectivity index (χ4v) is 2.72. The largest absolute Gasteiger partial charge is 0.359 e. The van der Waals surface area contributed by atoms with E-state index in [1.165, 1.54) is 5.56 Å². The molecule has 0 fully saturated rings. The normalized spacial score (nSPS) is 10.5. The van der Waals surface area contributed by atoms with Crippen molar-refractivity contribution in [2.24, 2.45) is 0 Å². The Hall–Kier alpha value is -2.66. The second-order valence-corrected chi connectivity index (χ2v) is 6.31. The first kappa shape index (κ1) is 17.2. The minimum absolute atomic E-state index is 0.724. The van der Waals surface area contributed by atoms with Gasteiger partial charge >= 0.3 is 0 Å². The van der Waals surface area contributed by atoms with E-state index in [9.17, 15) is 0 Å². The van der Waals surface area contributed by atoms with E-state index < -0.39 is 0 Å². The van der Waals surface area contributed by atoms with Crippen molar-refractivity contribution in [1.82, 2.24) is 15.0 Å². The zero-order valence-corrected chi connectivity index (χ0v) is 15.0. The number of rotatable bonds is 6. The summed E-state index contributed by atoms with van der Waals surface area (Å²) < 4.78 is 0. The molecule has 1 N–H and O–H groups in total. The highest BCUT2D eigenvalue weighted by Crippen LogP contribution is 2.23. The number of nitrogens with one attached hydrogen (secondary N) is 1. The Bertz CT molecular complexity index is 838. The van der Waals surface area contributed by atoms with Gasteiger partial charge in [0.15, 0.2) is 0 Å². The van der Waals surface area contributed by atoms with Crippen molar-refractivity contribution in [3.05, 3.63) is 71.3 Å². The highest BCUT2D eigenvalue weighted by atomic mass is 35.5. The van der Waals surface area contributed by atoms with Crippen LogP contribution < -0.4 is 10.2 Å². The summed E-state index contributed by atoms with van der Waals surface area (Å²) in [6.45, 7) is 2.87. The summed E-state index contributed by atoms with van der Waals surface area (Å²) in [5.41, 5.74) is 3.30. The van der Waals surface area contributed by atoms with Crippen LogP contribution in [-0.2, 0) is 6.42 Å². The van der Waals surface area contributed by atoms with Crippen molar-refractivity contribution in [2.75, 3.05) is 23.8 Å². The van der Waals surface area contributed by atoms with Gasteiger partial charge in [-0.25, -0.2) is 9.97 Å². The summed E-state index contributed by atoms with van der Waals surface area (Å²) in [5.74, 6) is 1.63. The number of hydrogen-bond donors (Lipinski definition) is 1. The molecular formula is C19H20ClN5. The molecule has 1 aromatic carbocycles. The van der Waals surface area contributed by atoms with Gasteiger partial charge in [0.05, 0.1) is 0 Å². The maximum Gasteiger partial charge on any atom is 0.135 e. The Labute approximate surface area is 152 Å². The van der Waals surface area contributed by atoms with E-state index >= 15 is 0 Å². The molecule has 0 saturated carbocycles. The van der Waals surface area contributed by atoms with Gasteiger partial charge in [-0.05, 0) is 54.8 Å². The Kier molecular flexibility index (Phi) is 5.46. The summed E-state index contributed by atoms with van der Waals surface area (Å²) in [6, 6.07) is 11.7. The number of hydrogen-bond acceptors (Lipinski definition) is 5. The third-order valence-electron chi connectivity index (χ3n) is 3.98. The maximum atomic E-state index is 6.01. The summed E-state index contributed by atoms with van der Waals surface area (Å²) in [6.07, 6.45) is 6.14. The lowest BCUT2D eigenvalue weighted by atomic mass is 10.2. The van der Waals surface area contributed by atoms with Gasteiger partial charge in [0, 0.05) is 42.8 Å². The van der Waals surface area contributed by atoms with Crippen LogP contribution in [0.1, 0.15) is 11.1 Å². The number of pyridine rings is 1. The summed E-state index contributed by atoms with van der Waals surface area (Å²) in [4.78, 5) is 14.8. The fourth-order valence-electron chi connectivity index (χ4n) is 2.49. The Morgan fingerprint density at radius 1 is 1.08 bits per heavy atom. The highest BCUT2D eigenvalue weighted by Gasteiger charge is 2.06. The SMILES string of the molecule is Cc1cc(Cl)ccc1Nc1cc(N(C)CCc2ccncc2)ncn1. The second-order valence-electron chi connectivity index (χ2n) is 5.87. The molecular weight excluding hydrogens is 334 g/mol. The molecule has 0 bridgehead atoms. The molecule has 3 rings (SSSR count). The number of anilines is 3. The third kappa shape index (κ3) is 4.67. The van der Waals surface area contributed by atoms with Crippen molar-refractivity contribution >= 4 is 28.9 Å². The molecule has 0 atom stereocenters. The minimum atomic E-state index is 0.724. The molecule has 0 aliphatic heterocycles. The van der Waals surface area contributed by atoms with Crippen molar-refractivity contribution in [1.29, 1.82) is 0 Å². The van der Waals surface area contributed by atoms with E-state index in [1.54, 1.807) is 6.33 Å². The van der Waals surface area contributed by atoms with E-state index in [2.05, 4.69) is 25.2 Å². The van der Waals surface area contributed by atoms with Crippen LogP contribution in [0, 0.1) is 6.92 Å². The van der Waals surface area contributed by atoms with Gasteiger partial charge in [-0.3, -0.25) is 4.98 Å². The van der Waals surface area contributed by atoms with Crippen LogP contribution in [0.3, 0.4) is 0 Å².